The average Bonchev–Trinajstić information content (AvgIpc) is 2.83. The van der Waals surface area contributed by atoms with Crippen LogP contribution < -0.4 is 14.8 Å². The van der Waals surface area contributed by atoms with Gasteiger partial charge in [-0.3, -0.25) is 4.79 Å². The summed E-state index contributed by atoms with van der Waals surface area (Å²) in [4.78, 5) is 14.0. The highest BCUT2D eigenvalue weighted by molar-refractivity contribution is 8.00. The van der Waals surface area contributed by atoms with E-state index in [1.54, 1.807) is 19.2 Å². The Bertz CT molecular complexity index is 1060. The van der Waals surface area contributed by atoms with Crippen molar-refractivity contribution in [1.29, 1.82) is 5.26 Å². The van der Waals surface area contributed by atoms with Gasteiger partial charge < -0.3 is 14.8 Å². The summed E-state index contributed by atoms with van der Waals surface area (Å²) >= 11 is 1.20. The van der Waals surface area contributed by atoms with Crippen LogP contribution in [0.15, 0.2) is 47.4 Å². The Kier molecular flexibility index (Phi) is 6.23. The maximum absolute atomic E-state index is 13.4. The minimum atomic E-state index is -4.56. The zero-order valence-corrected chi connectivity index (χ0v) is 18.9. The van der Waals surface area contributed by atoms with E-state index in [1.807, 2.05) is 12.1 Å². The van der Waals surface area contributed by atoms with Crippen LogP contribution in [-0.4, -0.2) is 18.6 Å². The molecule has 3 fully saturated rings. The van der Waals surface area contributed by atoms with E-state index in [0.29, 0.717) is 50.0 Å². The van der Waals surface area contributed by atoms with E-state index in [2.05, 4.69) is 16.1 Å². The number of amides is 1. The Morgan fingerprint density at radius 3 is 2.24 bits per heavy atom. The SMILES string of the molecule is COc1ccc(SNc2ccc(C(F)(F)F)cc2C(=O)NC23CCC(C#N)(CC2)CC3)cc1. The maximum atomic E-state index is 13.4. The van der Waals surface area contributed by atoms with Crippen molar-refractivity contribution in [2.24, 2.45) is 5.41 Å². The Labute approximate surface area is 194 Å². The number of halogens is 3. The standard InChI is InChI=1S/C24H24F3N3O2S/c1-32-17-3-5-18(6-4-17)33-30-20-7-2-16(24(25,26)27)14-19(20)21(31)29-23-11-8-22(15-28,9-12-23)10-13-23/h2-7,14,30H,8-13H2,1H3,(H,29,31). The van der Waals surface area contributed by atoms with E-state index >= 15 is 0 Å². The zero-order valence-electron chi connectivity index (χ0n) is 18.1. The second-order valence-corrected chi connectivity index (χ2v) is 9.64. The Balaban J connectivity index is 1.55. The van der Waals surface area contributed by atoms with Gasteiger partial charge in [-0.25, -0.2) is 0 Å². The minimum Gasteiger partial charge on any atom is -0.497 e. The van der Waals surface area contributed by atoms with E-state index < -0.39 is 23.2 Å². The van der Waals surface area contributed by atoms with Crippen LogP contribution in [0.5, 0.6) is 5.75 Å². The zero-order chi connectivity index (χ0) is 23.7. The number of ether oxygens (including phenoxy) is 1. The van der Waals surface area contributed by atoms with Gasteiger partial charge in [0.15, 0.2) is 0 Å². The minimum absolute atomic E-state index is 0.0529. The van der Waals surface area contributed by atoms with Crippen LogP contribution in [0.1, 0.15) is 54.4 Å². The fourth-order valence-corrected chi connectivity index (χ4v) is 5.28. The number of hydrogen-bond donors (Lipinski definition) is 2. The van der Waals surface area contributed by atoms with Gasteiger partial charge in [0.2, 0.25) is 0 Å². The van der Waals surface area contributed by atoms with E-state index in [1.165, 1.54) is 18.0 Å². The third-order valence-electron chi connectivity index (χ3n) is 6.79. The molecule has 0 heterocycles. The number of nitriles is 1. The number of hydrogen-bond acceptors (Lipinski definition) is 5. The largest absolute Gasteiger partial charge is 0.497 e. The predicted octanol–water partition coefficient (Wildman–Crippen LogP) is 6.18. The van der Waals surface area contributed by atoms with Crippen molar-refractivity contribution >= 4 is 23.5 Å². The van der Waals surface area contributed by atoms with Crippen LogP contribution in [0, 0.1) is 16.7 Å². The highest BCUT2D eigenvalue weighted by Gasteiger charge is 2.49. The number of carbonyl (C=O) groups is 1. The molecular formula is C24H24F3N3O2S. The lowest BCUT2D eigenvalue weighted by Gasteiger charge is -2.50. The molecule has 2 aromatic rings. The first-order valence-corrected chi connectivity index (χ1v) is 11.5. The van der Waals surface area contributed by atoms with Crippen molar-refractivity contribution in [3.8, 4) is 11.8 Å². The van der Waals surface area contributed by atoms with Crippen LogP contribution in [0.3, 0.4) is 0 Å². The van der Waals surface area contributed by atoms with Gasteiger partial charge in [-0.05, 0) is 92.9 Å². The molecule has 3 aliphatic rings. The lowest BCUT2D eigenvalue weighted by atomic mass is 9.58. The quantitative estimate of drug-likeness (QED) is 0.488. The van der Waals surface area contributed by atoms with E-state index in [0.717, 1.165) is 17.0 Å². The number of nitrogens with zero attached hydrogens (tertiary/aromatic N) is 1. The molecule has 5 rings (SSSR count). The van der Waals surface area contributed by atoms with Crippen molar-refractivity contribution in [2.75, 3.05) is 11.8 Å². The smallest absolute Gasteiger partial charge is 0.416 e. The van der Waals surface area contributed by atoms with Gasteiger partial charge in [-0.2, -0.15) is 18.4 Å². The van der Waals surface area contributed by atoms with Crippen molar-refractivity contribution < 1.29 is 22.7 Å². The number of nitrogens with one attached hydrogen (secondary N) is 2. The topological polar surface area (TPSA) is 74.2 Å². The summed E-state index contributed by atoms with van der Waals surface area (Å²) in [7, 11) is 1.56. The lowest BCUT2D eigenvalue weighted by molar-refractivity contribution is -0.137. The second-order valence-electron chi connectivity index (χ2n) is 8.76. The van der Waals surface area contributed by atoms with Crippen molar-refractivity contribution in [3.63, 3.8) is 0 Å². The van der Waals surface area contributed by atoms with Gasteiger partial charge >= 0.3 is 6.18 Å². The number of benzene rings is 2. The van der Waals surface area contributed by atoms with Crippen molar-refractivity contribution in [2.45, 2.75) is 55.1 Å². The summed E-state index contributed by atoms with van der Waals surface area (Å²) < 4.78 is 48.3. The third-order valence-corrected chi connectivity index (χ3v) is 7.62. The van der Waals surface area contributed by atoms with E-state index in [9.17, 15) is 23.2 Å². The monoisotopic (exact) mass is 475 g/mol. The molecule has 174 valence electrons. The molecule has 3 aliphatic carbocycles. The van der Waals surface area contributed by atoms with Crippen LogP contribution in [0.25, 0.3) is 0 Å². The summed E-state index contributed by atoms with van der Waals surface area (Å²) in [5, 5.41) is 12.5. The predicted molar refractivity (Wildman–Crippen MR) is 120 cm³/mol. The van der Waals surface area contributed by atoms with Crippen molar-refractivity contribution in [3.05, 3.63) is 53.6 Å². The molecule has 2 bridgehead atoms. The molecule has 0 aliphatic heterocycles. The molecule has 0 atom stereocenters. The molecule has 0 spiro atoms. The summed E-state index contributed by atoms with van der Waals surface area (Å²) in [5.41, 5.74) is -1.41. The molecule has 9 heteroatoms. The molecule has 5 nitrogen and oxygen atoms in total. The first-order chi connectivity index (χ1) is 15.7. The number of fused-ring (bicyclic) bond motifs is 3. The van der Waals surface area contributed by atoms with Crippen molar-refractivity contribution in [1.82, 2.24) is 5.32 Å². The Morgan fingerprint density at radius 2 is 1.70 bits per heavy atom. The van der Waals surface area contributed by atoms with Crippen LogP contribution in [-0.2, 0) is 6.18 Å². The summed E-state index contributed by atoms with van der Waals surface area (Å²) in [6.45, 7) is 0. The fourth-order valence-electron chi connectivity index (χ4n) is 4.60. The van der Waals surface area contributed by atoms with E-state index in [-0.39, 0.29) is 11.0 Å². The molecule has 2 aromatic carbocycles. The molecule has 0 radical (unpaired) electrons. The summed E-state index contributed by atoms with van der Waals surface area (Å²) in [6, 6.07) is 12.7. The molecule has 1 amide bonds. The molecule has 0 saturated heterocycles. The number of methoxy groups -OCH3 is 1. The number of anilines is 1. The number of carbonyl (C=O) groups excluding carboxylic acids is 1. The second kappa shape index (κ2) is 8.82. The molecule has 2 N–H and O–H groups in total. The van der Waals surface area contributed by atoms with Gasteiger partial charge in [0.25, 0.3) is 5.91 Å². The van der Waals surface area contributed by atoms with Gasteiger partial charge in [0.05, 0.1) is 35.4 Å². The first-order valence-electron chi connectivity index (χ1n) is 10.7. The lowest BCUT2D eigenvalue weighted by Crippen LogP contribution is -2.56. The van der Waals surface area contributed by atoms with Crippen LogP contribution >= 0.6 is 11.9 Å². The van der Waals surface area contributed by atoms with Crippen LogP contribution in [0.2, 0.25) is 0 Å². The summed E-state index contributed by atoms with van der Waals surface area (Å²) in [5.74, 6) is 0.152. The number of alkyl halides is 3. The maximum Gasteiger partial charge on any atom is 0.416 e. The molecule has 33 heavy (non-hydrogen) atoms. The fraction of sp³-hybridized carbons (Fsp3) is 0.417. The Morgan fingerprint density at radius 1 is 1.06 bits per heavy atom. The Hall–Kier alpha value is -2.86. The van der Waals surface area contributed by atoms with Crippen LogP contribution in [0.4, 0.5) is 18.9 Å². The van der Waals surface area contributed by atoms with Gasteiger partial charge in [-0.1, -0.05) is 0 Å². The highest BCUT2D eigenvalue weighted by atomic mass is 32.2. The van der Waals surface area contributed by atoms with Gasteiger partial charge in [-0.15, -0.1) is 0 Å². The highest BCUT2D eigenvalue weighted by Crippen LogP contribution is 2.52. The van der Waals surface area contributed by atoms with E-state index in [4.69, 9.17) is 4.74 Å². The third kappa shape index (κ3) is 4.91. The molecule has 0 unspecified atom stereocenters. The normalized spacial score (nSPS) is 24.1. The summed E-state index contributed by atoms with van der Waals surface area (Å²) in [6.07, 6.45) is -0.477. The average molecular weight is 476 g/mol. The van der Waals surface area contributed by atoms with Gasteiger partial charge in [0.1, 0.15) is 5.75 Å². The molecule has 0 aromatic heterocycles. The molecule has 3 saturated carbocycles. The number of rotatable bonds is 6. The van der Waals surface area contributed by atoms with Gasteiger partial charge in [0, 0.05) is 10.4 Å². The first kappa shape index (κ1) is 23.3. The molecular weight excluding hydrogens is 451 g/mol.